The van der Waals surface area contributed by atoms with E-state index in [-0.39, 0.29) is 5.03 Å². The molecule has 0 unspecified atom stereocenters. The average Bonchev–Trinajstić information content (AvgIpc) is 0.811. The molecule has 0 spiro atoms. The molecule has 0 aliphatic carbocycles. The number of rotatable bonds is 0. The van der Waals surface area contributed by atoms with Gasteiger partial charge in [0.15, 0.2) is 0 Å². The molecule has 0 amide bonds. The summed E-state index contributed by atoms with van der Waals surface area (Å²) in [6.07, 6.45) is 0. The van der Waals surface area contributed by atoms with Crippen molar-refractivity contribution in [1.82, 2.24) is 0 Å². The fraction of sp³-hybridized carbons (Fsp3) is 1.00. The Labute approximate surface area is 59.8 Å². The van der Waals surface area contributed by atoms with E-state index in [1.54, 1.807) is 0 Å². The molecule has 0 saturated carbocycles. The van der Waals surface area contributed by atoms with Gasteiger partial charge in [-0.2, -0.15) is 0 Å². The van der Waals surface area contributed by atoms with Gasteiger partial charge in [-0.25, -0.2) is 0 Å². The molecular formula is C2H6AsK. The topological polar surface area (TPSA) is 0 Å². The predicted molar refractivity (Wildman–Crippen MR) is 23.2 cm³/mol. The van der Waals surface area contributed by atoms with E-state index in [1.165, 1.54) is 45.0 Å². The zero-order valence-electron chi connectivity index (χ0n) is 3.45. The molecule has 0 aromatic carbocycles. The van der Waals surface area contributed by atoms with Crippen molar-refractivity contribution in [3.8, 4) is 0 Å². The second-order valence-corrected chi connectivity index (χ2v) is 21.5. The van der Waals surface area contributed by atoms with Gasteiger partial charge in [0.05, 0.1) is 0 Å². The molecule has 0 radical (unpaired) electrons. The van der Waals surface area contributed by atoms with E-state index in [1.807, 2.05) is 0 Å². The minimum absolute atomic E-state index is 0. The van der Waals surface area contributed by atoms with Crippen LogP contribution in [0.1, 0.15) is 0 Å². The quantitative estimate of drug-likeness (QED) is 0.432. The Hall–Kier alpha value is 2.19. The summed E-state index contributed by atoms with van der Waals surface area (Å²) >= 11 is 1.21. The van der Waals surface area contributed by atoms with Gasteiger partial charge in [0.1, 0.15) is 0 Å². The standard InChI is InChI=1S/C2H6As.K/c1-3-2;/h1-2H3;/q-1;+1. The van der Waals surface area contributed by atoms with Crippen LogP contribution >= 0.6 is 0 Å². The molecule has 0 nitrogen and oxygen atoms in total. The first kappa shape index (κ1) is 6.19. The van der Waals surface area contributed by atoms with Crippen molar-refractivity contribution in [2.75, 3.05) is 0 Å². The minimum atomic E-state index is 0. The van der Waals surface area contributed by atoms with Crippen LogP contribution in [-0.4, -0.2) is 50.1 Å². The normalized spacial score (nSPS) is 9.25. The Morgan fingerprint density at radius 2 is 1.50 bits per heavy atom. The predicted octanol–water partition coefficient (Wildman–Crippen LogP) is 0.406. The summed E-state index contributed by atoms with van der Waals surface area (Å²) in [6.45, 7) is 0. The van der Waals surface area contributed by atoms with E-state index in [4.69, 9.17) is 0 Å². The molecule has 0 aliphatic rings. The molecule has 0 aromatic heterocycles. The van der Waals surface area contributed by atoms with Crippen LogP contribution in [0.5, 0.6) is 0 Å². The van der Waals surface area contributed by atoms with Crippen LogP contribution < -0.4 is 0 Å². The van der Waals surface area contributed by atoms with Crippen molar-refractivity contribution in [2.24, 2.45) is 0 Å². The molecule has 0 fully saturated rings. The Balaban J connectivity index is 2.32. The zero-order valence-corrected chi connectivity index (χ0v) is 8.45. The number of hydrogen-bond acceptors (Lipinski definition) is 0. The van der Waals surface area contributed by atoms with E-state index < -0.39 is 0 Å². The molecule has 0 N–H and O–H groups in total. The third-order valence-electron chi connectivity index (χ3n) is 0. The van der Waals surface area contributed by atoms with Crippen molar-refractivity contribution >= 4 is 50.1 Å². The molecule has 0 atom stereocenters. The van der Waals surface area contributed by atoms with Crippen molar-refractivity contribution < 1.29 is 0 Å². The maximum absolute atomic E-state index is 2.40. The molecule has 0 aliphatic heterocycles. The average molecular weight is 144 g/mol. The van der Waals surface area contributed by atoms with E-state index >= 15 is 0 Å². The molecule has 20 valence electrons. The molecular weight excluding hydrogens is 138 g/mol. The summed E-state index contributed by atoms with van der Waals surface area (Å²) in [5.74, 6) is 0. The Kier molecular flexibility index (Phi) is 5.25. The third kappa shape index (κ3) is 8.89. The van der Waals surface area contributed by atoms with Crippen molar-refractivity contribution in [1.29, 1.82) is 0 Å². The van der Waals surface area contributed by atoms with Gasteiger partial charge in [0.25, 0.3) is 0 Å². The van der Waals surface area contributed by atoms with Crippen molar-refractivity contribution in [3.05, 3.63) is 0 Å². The van der Waals surface area contributed by atoms with Crippen LogP contribution in [0.25, 0.3) is 0 Å². The summed E-state index contributed by atoms with van der Waals surface area (Å²) < 4.78 is 0. The Morgan fingerprint density at radius 3 is 1.50 bits per heavy atom. The van der Waals surface area contributed by atoms with Gasteiger partial charge in [-0.3, -0.25) is 0 Å². The first-order valence-electron chi connectivity index (χ1n) is 1.34. The monoisotopic (exact) mass is 144 g/mol. The summed E-state index contributed by atoms with van der Waals surface area (Å²) in [6, 6.07) is 0. The van der Waals surface area contributed by atoms with E-state index in [0.717, 1.165) is 0 Å². The van der Waals surface area contributed by atoms with Gasteiger partial charge in [0, 0.05) is 0 Å². The zero-order chi connectivity index (χ0) is 3.58. The molecule has 0 saturated heterocycles. The van der Waals surface area contributed by atoms with Crippen LogP contribution in [0, 0.1) is 0 Å². The van der Waals surface area contributed by atoms with Crippen LogP contribution in [-0.2, 0) is 0 Å². The van der Waals surface area contributed by atoms with E-state index in [2.05, 4.69) is 11.4 Å². The van der Waals surface area contributed by atoms with Crippen molar-refractivity contribution in [3.63, 3.8) is 0 Å². The second kappa shape index (κ2) is 3.39. The molecule has 0 rings (SSSR count). The van der Waals surface area contributed by atoms with E-state index in [9.17, 15) is 0 Å². The molecule has 0 bridgehead atoms. The first-order chi connectivity index (χ1) is 1.73. The van der Waals surface area contributed by atoms with Gasteiger partial charge in [-0.05, 0) is 0 Å². The van der Waals surface area contributed by atoms with Crippen molar-refractivity contribution in [2.45, 2.75) is 11.4 Å². The second-order valence-electron chi connectivity index (χ2n) is 1.34. The summed E-state index contributed by atoms with van der Waals surface area (Å²) in [5.41, 5.74) is 4.79. The fourth-order valence-corrected chi connectivity index (χ4v) is 0. The summed E-state index contributed by atoms with van der Waals surface area (Å²) in [7, 11) is 0. The first-order valence-corrected chi connectivity index (χ1v) is 14.2. The molecule has 0 aromatic rings. The number of hydrogen-bond donors (Lipinski definition) is 0. The Bertz CT molecular complexity index is 10.8. The molecule has 0 heterocycles. The summed E-state index contributed by atoms with van der Waals surface area (Å²) in [5, 5.41) is 0. The molecule has 2 heteroatoms. The fourth-order valence-electron chi connectivity index (χ4n) is 0. The maximum atomic E-state index is 2.40. The van der Waals surface area contributed by atoms with Gasteiger partial charge in [-0.1, -0.05) is 0 Å². The van der Waals surface area contributed by atoms with Crippen LogP contribution in [0.2, 0.25) is 11.4 Å². The van der Waals surface area contributed by atoms with Gasteiger partial charge >= 0.3 is 61.5 Å². The molecule has 4 heavy (non-hydrogen) atoms. The van der Waals surface area contributed by atoms with E-state index in [0.29, 0.717) is 0 Å². The van der Waals surface area contributed by atoms with Gasteiger partial charge in [-0.15, -0.1) is 0 Å². The van der Waals surface area contributed by atoms with Crippen LogP contribution in [0.15, 0.2) is 0 Å². The SMILES string of the molecule is C[As](C)[K]. The summed E-state index contributed by atoms with van der Waals surface area (Å²) in [4.78, 5) is 0. The third-order valence-corrected chi connectivity index (χ3v) is 0. The van der Waals surface area contributed by atoms with Gasteiger partial charge < -0.3 is 0 Å². The van der Waals surface area contributed by atoms with Gasteiger partial charge in [0.2, 0.25) is 0 Å². The van der Waals surface area contributed by atoms with Crippen LogP contribution in [0.4, 0.5) is 0 Å². The van der Waals surface area contributed by atoms with Crippen LogP contribution in [0.3, 0.4) is 0 Å². The Morgan fingerprint density at radius 1 is 1.50 bits per heavy atom.